The first kappa shape index (κ1) is 24.5. The van der Waals surface area contributed by atoms with Crippen LogP contribution in [0.2, 0.25) is 0 Å². The van der Waals surface area contributed by atoms with Gasteiger partial charge in [-0.15, -0.1) is 10.2 Å². The van der Waals surface area contributed by atoms with E-state index in [9.17, 15) is 4.79 Å². The largest absolute Gasteiger partial charge is 0.380 e. The number of imidazole rings is 1. The molecule has 0 saturated carbocycles. The minimum atomic E-state index is -0.0875. The molecule has 190 valence electrons. The molecule has 2 atom stereocenters. The van der Waals surface area contributed by atoms with Crippen molar-refractivity contribution in [1.29, 1.82) is 0 Å². The molecule has 0 amide bonds. The Morgan fingerprint density at radius 2 is 1.92 bits per heavy atom. The quantitative estimate of drug-likeness (QED) is 0.372. The summed E-state index contributed by atoms with van der Waals surface area (Å²) in [4.78, 5) is 19.9. The van der Waals surface area contributed by atoms with Crippen LogP contribution in [0.4, 0.5) is 0 Å². The van der Waals surface area contributed by atoms with Crippen LogP contribution < -0.4 is 5.69 Å². The van der Waals surface area contributed by atoms with Crippen LogP contribution in [0.15, 0.2) is 41.3 Å². The summed E-state index contributed by atoms with van der Waals surface area (Å²) in [5, 5.41) is 9.58. The van der Waals surface area contributed by atoms with E-state index in [0.717, 1.165) is 59.3 Å². The van der Waals surface area contributed by atoms with Crippen LogP contribution >= 0.6 is 0 Å². The predicted octanol–water partition coefficient (Wildman–Crippen LogP) is 3.72. The van der Waals surface area contributed by atoms with Gasteiger partial charge in [0.25, 0.3) is 0 Å². The van der Waals surface area contributed by atoms with Gasteiger partial charge in [-0.2, -0.15) is 0 Å². The minimum absolute atomic E-state index is 0.00608. The van der Waals surface area contributed by atoms with Crippen LogP contribution in [0.3, 0.4) is 0 Å². The van der Waals surface area contributed by atoms with Crippen molar-refractivity contribution in [3.63, 3.8) is 0 Å². The molecule has 0 aliphatic carbocycles. The second kappa shape index (κ2) is 10.1. The maximum absolute atomic E-state index is 12.8. The number of likely N-dealkylation sites (tertiary alicyclic amines) is 1. The molecule has 9 nitrogen and oxygen atoms in total. The van der Waals surface area contributed by atoms with E-state index in [2.05, 4.69) is 27.2 Å². The van der Waals surface area contributed by atoms with Gasteiger partial charge in [0.1, 0.15) is 5.52 Å². The second-order valence-corrected chi connectivity index (χ2v) is 9.84. The lowest BCUT2D eigenvalue weighted by Crippen LogP contribution is -2.27. The Hall–Kier alpha value is -3.14. The average Bonchev–Trinajstić information content (AvgIpc) is 3.46. The summed E-state index contributed by atoms with van der Waals surface area (Å²) in [7, 11) is 3.52. The van der Waals surface area contributed by atoms with Crippen LogP contribution in [0.25, 0.3) is 33.2 Å². The summed E-state index contributed by atoms with van der Waals surface area (Å²) >= 11 is 0. The van der Waals surface area contributed by atoms with Crippen molar-refractivity contribution in [3.05, 3.63) is 52.7 Å². The first-order valence-corrected chi connectivity index (χ1v) is 12.6. The van der Waals surface area contributed by atoms with E-state index < -0.39 is 0 Å². The Labute approximate surface area is 210 Å². The fraction of sp³-hybridized carbons (Fsp3) is 0.481. The normalized spacial score (nSPS) is 17.6. The van der Waals surface area contributed by atoms with Crippen LogP contribution in [0.5, 0.6) is 0 Å². The van der Waals surface area contributed by atoms with Crippen LogP contribution in [0, 0.1) is 0 Å². The maximum atomic E-state index is 12.8. The maximum Gasteiger partial charge on any atom is 0.330 e. The van der Waals surface area contributed by atoms with Gasteiger partial charge in [0.15, 0.2) is 5.65 Å². The zero-order valence-electron chi connectivity index (χ0n) is 21.6. The van der Waals surface area contributed by atoms with E-state index in [1.165, 1.54) is 0 Å². The predicted molar refractivity (Wildman–Crippen MR) is 140 cm³/mol. The molecular formula is C27H34N6O3. The average molecular weight is 491 g/mol. The Kier molecular flexibility index (Phi) is 6.87. The van der Waals surface area contributed by atoms with Gasteiger partial charge in [0.2, 0.25) is 0 Å². The number of fused-ring (bicyclic) bond motifs is 3. The van der Waals surface area contributed by atoms with Crippen molar-refractivity contribution in [2.45, 2.75) is 45.4 Å². The topological polar surface area (TPSA) is 87.3 Å². The molecule has 1 aromatic carbocycles. The van der Waals surface area contributed by atoms with Crippen molar-refractivity contribution < 1.29 is 9.47 Å². The Balaban J connectivity index is 1.35. The molecule has 1 aliphatic heterocycles. The number of hydrogen-bond donors (Lipinski definition) is 0. The third-order valence-corrected chi connectivity index (χ3v) is 7.16. The summed E-state index contributed by atoms with van der Waals surface area (Å²) in [6.45, 7) is 9.64. The number of nitrogens with zero attached hydrogens (tertiary/aromatic N) is 6. The lowest BCUT2D eigenvalue weighted by atomic mass is 10.0. The fourth-order valence-corrected chi connectivity index (χ4v) is 5.00. The van der Waals surface area contributed by atoms with E-state index >= 15 is 0 Å². The summed E-state index contributed by atoms with van der Waals surface area (Å²) in [6.07, 6.45) is 3.22. The zero-order valence-corrected chi connectivity index (χ0v) is 21.6. The molecule has 0 radical (unpaired) electrons. The number of aromatic nitrogens is 5. The van der Waals surface area contributed by atoms with E-state index in [1.807, 2.05) is 45.2 Å². The van der Waals surface area contributed by atoms with Gasteiger partial charge < -0.3 is 9.47 Å². The zero-order chi connectivity index (χ0) is 25.4. The highest BCUT2D eigenvalue weighted by atomic mass is 16.5. The molecule has 0 spiro atoms. The highest BCUT2D eigenvalue weighted by Crippen LogP contribution is 2.29. The first-order valence-electron chi connectivity index (χ1n) is 12.6. The highest BCUT2D eigenvalue weighted by Gasteiger charge is 2.22. The number of ether oxygens (including phenoxy) is 2. The minimum Gasteiger partial charge on any atom is -0.380 e. The van der Waals surface area contributed by atoms with Gasteiger partial charge in [-0.1, -0.05) is 12.1 Å². The van der Waals surface area contributed by atoms with E-state index in [1.54, 1.807) is 23.3 Å². The monoisotopic (exact) mass is 490 g/mol. The Bertz CT molecular complexity index is 1430. The smallest absolute Gasteiger partial charge is 0.330 e. The van der Waals surface area contributed by atoms with Crippen LogP contribution in [-0.4, -0.2) is 68.7 Å². The third kappa shape index (κ3) is 4.54. The molecule has 36 heavy (non-hydrogen) atoms. The van der Waals surface area contributed by atoms with Gasteiger partial charge in [-0.05, 0) is 51.0 Å². The van der Waals surface area contributed by atoms with Crippen molar-refractivity contribution in [2.24, 2.45) is 7.05 Å². The lowest BCUT2D eigenvalue weighted by molar-refractivity contribution is 0.0448. The first-order chi connectivity index (χ1) is 17.4. The van der Waals surface area contributed by atoms with Crippen LogP contribution in [-0.2, 0) is 16.5 Å². The molecule has 0 unspecified atom stereocenters. The summed E-state index contributed by atoms with van der Waals surface area (Å²) < 4.78 is 14.8. The number of aryl methyl sites for hydroxylation is 1. The van der Waals surface area contributed by atoms with E-state index in [0.29, 0.717) is 18.4 Å². The number of methoxy groups -OCH3 is 1. The number of rotatable bonds is 8. The third-order valence-electron chi connectivity index (χ3n) is 7.16. The van der Waals surface area contributed by atoms with Crippen molar-refractivity contribution >= 4 is 22.1 Å². The molecule has 9 heteroatoms. The fourth-order valence-electron chi connectivity index (χ4n) is 5.00. The molecule has 0 bridgehead atoms. The summed E-state index contributed by atoms with van der Waals surface area (Å²) in [6, 6.07) is 10.1. The summed E-state index contributed by atoms with van der Waals surface area (Å²) in [5.41, 5.74) is 4.98. The molecule has 0 N–H and O–H groups in total. The van der Waals surface area contributed by atoms with Crippen molar-refractivity contribution in [1.82, 2.24) is 29.2 Å². The molecule has 4 heterocycles. The molecule has 1 fully saturated rings. The molecule has 4 aromatic rings. The van der Waals surface area contributed by atoms with Gasteiger partial charge in [-0.25, -0.2) is 4.79 Å². The lowest BCUT2D eigenvalue weighted by Gasteiger charge is -2.18. The number of benzene rings is 1. The molecule has 3 aromatic heterocycles. The number of pyridine rings is 1. The van der Waals surface area contributed by atoms with E-state index in [-0.39, 0.29) is 17.8 Å². The number of hydrogen-bond acceptors (Lipinski definition) is 7. The van der Waals surface area contributed by atoms with Gasteiger partial charge in [0, 0.05) is 57.0 Å². The summed E-state index contributed by atoms with van der Waals surface area (Å²) in [5.74, 6) is 0. The SMILES string of the molecule is CO[C@@H]1CCN(CCO[C@H](C)c2ccc(-c3ccc4nnc5c(c4c3)n(C(C)C)c(=O)n5C)cn2)C1. The molecule has 1 aliphatic rings. The van der Waals surface area contributed by atoms with Gasteiger partial charge in [0.05, 0.1) is 30.0 Å². The molecular weight excluding hydrogens is 456 g/mol. The van der Waals surface area contributed by atoms with Crippen molar-refractivity contribution in [3.8, 4) is 11.1 Å². The Morgan fingerprint density at radius 3 is 2.61 bits per heavy atom. The van der Waals surface area contributed by atoms with Gasteiger partial charge >= 0.3 is 5.69 Å². The highest BCUT2D eigenvalue weighted by molar-refractivity contribution is 6.02. The van der Waals surface area contributed by atoms with Crippen LogP contribution in [0.1, 0.15) is 45.0 Å². The van der Waals surface area contributed by atoms with Gasteiger partial charge in [-0.3, -0.25) is 19.0 Å². The molecule has 5 rings (SSSR count). The van der Waals surface area contributed by atoms with E-state index in [4.69, 9.17) is 14.5 Å². The standard InChI is InChI=1S/C27H34N6O3/c1-17(2)33-25-22-14-19(6-9-24(22)29-30-26(25)31(4)27(33)34)20-7-8-23(28-15-20)18(3)36-13-12-32-11-10-21(16-32)35-5/h6-9,14-15,17-18,21H,10-13,16H2,1-5H3/t18-,21-/m1/s1. The molecule has 1 saturated heterocycles. The Morgan fingerprint density at radius 1 is 1.11 bits per heavy atom. The van der Waals surface area contributed by atoms with Crippen molar-refractivity contribution in [2.75, 3.05) is 33.4 Å². The second-order valence-electron chi connectivity index (χ2n) is 9.84.